The molecule has 120 valence electrons. The number of hydrogen-bond acceptors (Lipinski definition) is 3. The van der Waals surface area contributed by atoms with Gasteiger partial charge in [-0.2, -0.15) is 0 Å². The summed E-state index contributed by atoms with van der Waals surface area (Å²) in [6, 6.07) is 22.1. The maximum absolute atomic E-state index is 5.96. The number of aromatic nitrogens is 3. The van der Waals surface area contributed by atoms with E-state index in [2.05, 4.69) is 28.2 Å². The summed E-state index contributed by atoms with van der Waals surface area (Å²) in [7, 11) is 0. The number of nitrogens with one attached hydrogen (secondary N) is 1. The van der Waals surface area contributed by atoms with Crippen molar-refractivity contribution < 1.29 is 0 Å². The van der Waals surface area contributed by atoms with Crippen LogP contribution in [0, 0.1) is 0 Å². The van der Waals surface area contributed by atoms with E-state index in [9.17, 15) is 0 Å². The van der Waals surface area contributed by atoms with Crippen molar-refractivity contribution in [3.05, 3.63) is 71.8 Å². The highest BCUT2D eigenvalue weighted by atomic mass is 35.5. The van der Waals surface area contributed by atoms with Gasteiger partial charge in [-0.3, -0.25) is 0 Å². The van der Waals surface area contributed by atoms with Gasteiger partial charge in [-0.15, -0.1) is 11.3 Å². The highest BCUT2D eigenvalue weighted by Crippen LogP contribution is 2.32. The van der Waals surface area contributed by atoms with E-state index < -0.39 is 0 Å². The van der Waals surface area contributed by atoms with E-state index in [-0.39, 0.29) is 0 Å². The second-order valence-corrected chi connectivity index (χ2v) is 7.28. The zero-order valence-electron chi connectivity index (χ0n) is 13.0. The Labute approximate surface area is 153 Å². The van der Waals surface area contributed by atoms with Crippen LogP contribution in [0.5, 0.6) is 0 Å². The first-order valence-corrected chi connectivity index (χ1v) is 9.07. The number of rotatable bonds is 2. The summed E-state index contributed by atoms with van der Waals surface area (Å²) in [5, 5.41) is 1.74. The molecule has 2 aromatic heterocycles. The van der Waals surface area contributed by atoms with E-state index in [0.29, 0.717) is 0 Å². The summed E-state index contributed by atoms with van der Waals surface area (Å²) in [6.45, 7) is 0. The minimum atomic E-state index is 0.720. The van der Waals surface area contributed by atoms with Crippen molar-refractivity contribution in [1.29, 1.82) is 0 Å². The molecule has 0 atom stereocenters. The van der Waals surface area contributed by atoms with Gasteiger partial charge in [0.05, 0.1) is 21.3 Å². The molecule has 0 amide bonds. The number of nitrogens with zero attached hydrogens (tertiary/aromatic N) is 2. The number of benzene rings is 3. The molecule has 0 aliphatic rings. The van der Waals surface area contributed by atoms with Gasteiger partial charge in [-0.25, -0.2) is 9.97 Å². The third-order valence-corrected chi connectivity index (χ3v) is 5.48. The van der Waals surface area contributed by atoms with Gasteiger partial charge in [0.15, 0.2) is 0 Å². The predicted molar refractivity (Wildman–Crippen MR) is 105 cm³/mol. The van der Waals surface area contributed by atoms with Crippen molar-refractivity contribution in [1.82, 2.24) is 15.0 Å². The molecule has 5 aromatic rings. The molecule has 0 radical (unpaired) electrons. The molecule has 1 N–H and O–H groups in total. The SMILES string of the molecule is Clc1ccc(-c2nc3ccc(-c4nc5ccccc5s4)cc3[nH]2)cc1. The zero-order chi connectivity index (χ0) is 16.8. The van der Waals surface area contributed by atoms with Crippen molar-refractivity contribution in [2.45, 2.75) is 0 Å². The monoisotopic (exact) mass is 361 g/mol. The van der Waals surface area contributed by atoms with Crippen LogP contribution in [0.4, 0.5) is 0 Å². The summed E-state index contributed by atoms with van der Waals surface area (Å²) in [6.07, 6.45) is 0. The van der Waals surface area contributed by atoms with Gasteiger partial charge < -0.3 is 4.98 Å². The third-order valence-electron chi connectivity index (χ3n) is 4.14. The maximum Gasteiger partial charge on any atom is 0.138 e. The molecule has 0 unspecified atom stereocenters. The van der Waals surface area contributed by atoms with Gasteiger partial charge in [-0.05, 0) is 54.6 Å². The van der Waals surface area contributed by atoms with Crippen LogP contribution in [0.25, 0.3) is 43.2 Å². The number of hydrogen-bond donors (Lipinski definition) is 1. The van der Waals surface area contributed by atoms with E-state index in [1.54, 1.807) is 11.3 Å². The Morgan fingerprint density at radius 3 is 2.44 bits per heavy atom. The average Bonchev–Trinajstić information content (AvgIpc) is 3.25. The first-order valence-electron chi connectivity index (χ1n) is 7.88. The number of aromatic amines is 1. The zero-order valence-corrected chi connectivity index (χ0v) is 14.6. The normalized spacial score (nSPS) is 11.4. The smallest absolute Gasteiger partial charge is 0.138 e. The summed E-state index contributed by atoms with van der Waals surface area (Å²) in [5.41, 5.74) is 5.09. The Bertz CT molecular complexity index is 1170. The standard InChI is InChI=1S/C20H12ClN3S/c21-14-8-5-12(6-9-14)19-22-15-10-7-13(11-17(15)23-19)20-24-16-3-1-2-4-18(16)25-20/h1-11H,(H,22,23). The van der Waals surface area contributed by atoms with Gasteiger partial charge in [0, 0.05) is 16.1 Å². The average molecular weight is 362 g/mol. The number of fused-ring (bicyclic) bond motifs is 2. The lowest BCUT2D eigenvalue weighted by Gasteiger charge is -1.96. The number of para-hydroxylation sites is 1. The summed E-state index contributed by atoms with van der Waals surface area (Å²) in [4.78, 5) is 12.8. The largest absolute Gasteiger partial charge is 0.338 e. The molecule has 5 heteroatoms. The molecular formula is C20H12ClN3S. The van der Waals surface area contributed by atoms with Gasteiger partial charge in [0.25, 0.3) is 0 Å². The van der Waals surface area contributed by atoms with E-state index >= 15 is 0 Å². The fourth-order valence-corrected chi connectivity index (χ4v) is 3.97. The number of H-pyrrole nitrogens is 1. The van der Waals surface area contributed by atoms with Gasteiger partial charge in [0.2, 0.25) is 0 Å². The quantitative estimate of drug-likeness (QED) is 0.409. The fourth-order valence-electron chi connectivity index (χ4n) is 2.88. The van der Waals surface area contributed by atoms with Crippen LogP contribution in [0.2, 0.25) is 5.02 Å². The second kappa shape index (κ2) is 5.69. The molecule has 0 bridgehead atoms. The van der Waals surface area contributed by atoms with Crippen LogP contribution in [0.1, 0.15) is 0 Å². The molecule has 2 heterocycles. The third kappa shape index (κ3) is 2.60. The molecule has 0 saturated carbocycles. The van der Waals surface area contributed by atoms with E-state index in [1.807, 2.05) is 48.5 Å². The van der Waals surface area contributed by atoms with Crippen LogP contribution in [-0.2, 0) is 0 Å². The second-order valence-electron chi connectivity index (χ2n) is 5.81. The Morgan fingerprint density at radius 1 is 0.800 bits per heavy atom. The highest BCUT2D eigenvalue weighted by Gasteiger charge is 2.10. The number of halogens is 1. The maximum atomic E-state index is 5.96. The Hall–Kier alpha value is -2.69. The van der Waals surface area contributed by atoms with Crippen LogP contribution in [-0.4, -0.2) is 15.0 Å². The minimum absolute atomic E-state index is 0.720. The summed E-state index contributed by atoms with van der Waals surface area (Å²) in [5.74, 6) is 0.841. The highest BCUT2D eigenvalue weighted by molar-refractivity contribution is 7.21. The molecule has 25 heavy (non-hydrogen) atoms. The molecule has 3 aromatic carbocycles. The topological polar surface area (TPSA) is 41.6 Å². The first-order chi connectivity index (χ1) is 12.3. The molecule has 3 nitrogen and oxygen atoms in total. The lowest BCUT2D eigenvalue weighted by molar-refractivity contribution is 1.34. The van der Waals surface area contributed by atoms with Gasteiger partial charge >= 0.3 is 0 Å². The van der Waals surface area contributed by atoms with E-state index in [1.165, 1.54) is 4.70 Å². The van der Waals surface area contributed by atoms with Crippen molar-refractivity contribution in [2.75, 3.05) is 0 Å². The first kappa shape index (κ1) is 14.6. The molecular weight excluding hydrogens is 350 g/mol. The van der Waals surface area contributed by atoms with Crippen LogP contribution < -0.4 is 0 Å². The molecule has 0 saturated heterocycles. The lowest BCUT2D eigenvalue weighted by atomic mass is 10.2. The number of thiazole rings is 1. The van der Waals surface area contributed by atoms with Gasteiger partial charge in [-0.1, -0.05) is 23.7 Å². The summed E-state index contributed by atoms with van der Waals surface area (Å²) >= 11 is 7.67. The Balaban J connectivity index is 1.60. The van der Waals surface area contributed by atoms with Gasteiger partial charge in [0.1, 0.15) is 10.8 Å². The van der Waals surface area contributed by atoms with Crippen molar-refractivity contribution in [2.24, 2.45) is 0 Å². The number of imidazole rings is 1. The molecule has 0 fully saturated rings. The molecule has 5 rings (SSSR count). The van der Waals surface area contributed by atoms with Crippen LogP contribution in [0.15, 0.2) is 66.7 Å². The summed E-state index contributed by atoms with van der Waals surface area (Å²) < 4.78 is 1.20. The lowest BCUT2D eigenvalue weighted by Crippen LogP contribution is -1.78. The van der Waals surface area contributed by atoms with E-state index in [4.69, 9.17) is 16.6 Å². The predicted octanol–water partition coefficient (Wildman–Crippen LogP) is 6.16. The van der Waals surface area contributed by atoms with Crippen molar-refractivity contribution >= 4 is 44.2 Å². The molecule has 0 spiro atoms. The Morgan fingerprint density at radius 2 is 1.60 bits per heavy atom. The molecule has 0 aliphatic carbocycles. The fraction of sp³-hybridized carbons (Fsp3) is 0. The molecule has 0 aliphatic heterocycles. The minimum Gasteiger partial charge on any atom is -0.338 e. The van der Waals surface area contributed by atoms with Crippen LogP contribution in [0.3, 0.4) is 0 Å². The van der Waals surface area contributed by atoms with Crippen LogP contribution >= 0.6 is 22.9 Å². The van der Waals surface area contributed by atoms with Crippen molar-refractivity contribution in [3.63, 3.8) is 0 Å². The Kier molecular flexibility index (Phi) is 3.33. The van der Waals surface area contributed by atoms with Crippen molar-refractivity contribution in [3.8, 4) is 22.0 Å². The van der Waals surface area contributed by atoms with E-state index in [0.717, 1.165) is 43.5 Å².